The van der Waals surface area contributed by atoms with Gasteiger partial charge in [0.25, 0.3) is 0 Å². The van der Waals surface area contributed by atoms with E-state index in [1.807, 2.05) is 29.2 Å². The molecule has 5 nitrogen and oxygen atoms in total. The number of carbonyl (C=O) groups is 1. The van der Waals surface area contributed by atoms with Gasteiger partial charge in [-0.15, -0.1) is 0 Å². The van der Waals surface area contributed by atoms with Crippen LogP contribution < -0.4 is 15.0 Å². The predicted octanol–water partition coefficient (Wildman–Crippen LogP) is 6.43. The van der Waals surface area contributed by atoms with Crippen LogP contribution in [0.3, 0.4) is 0 Å². The van der Waals surface area contributed by atoms with Crippen molar-refractivity contribution in [3.8, 4) is 5.75 Å². The first-order valence-corrected chi connectivity index (χ1v) is 12.5. The molecule has 3 aromatic rings. The highest BCUT2D eigenvalue weighted by Crippen LogP contribution is 2.40. The summed E-state index contributed by atoms with van der Waals surface area (Å²) >= 11 is 0. The molecule has 1 aliphatic carbocycles. The predicted molar refractivity (Wildman–Crippen MR) is 141 cm³/mol. The molecule has 0 bridgehead atoms. The van der Waals surface area contributed by atoms with Crippen LogP contribution in [0.2, 0.25) is 0 Å². The largest absolute Gasteiger partial charge is 0.486 e. The Hall–Kier alpha value is -3.64. The molecule has 6 heteroatoms. The second kappa shape index (κ2) is 10.2. The molecule has 0 amide bonds. The van der Waals surface area contributed by atoms with Gasteiger partial charge >= 0.3 is 5.97 Å². The van der Waals surface area contributed by atoms with Gasteiger partial charge in [0, 0.05) is 11.7 Å². The molecular weight excluding hydrogens is 455 g/mol. The first kappa shape index (κ1) is 24.1. The van der Waals surface area contributed by atoms with Gasteiger partial charge in [-0.3, -0.25) is 0 Å². The van der Waals surface area contributed by atoms with Gasteiger partial charge in [-0.05, 0) is 86.2 Å². The molecule has 1 aliphatic heterocycles. The van der Waals surface area contributed by atoms with E-state index in [1.54, 1.807) is 13.0 Å². The molecule has 1 heterocycles. The summed E-state index contributed by atoms with van der Waals surface area (Å²) in [6.07, 6.45) is 7.32. The first-order chi connectivity index (χ1) is 17.4. The Labute approximate surface area is 211 Å². The zero-order valence-corrected chi connectivity index (χ0v) is 20.6. The van der Waals surface area contributed by atoms with E-state index in [0.29, 0.717) is 17.8 Å². The van der Waals surface area contributed by atoms with E-state index in [1.165, 1.54) is 22.8 Å². The van der Waals surface area contributed by atoms with E-state index in [4.69, 9.17) is 4.74 Å². The van der Waals surface area contributed by atoms with Crippen molar-refractivity contribution in [3.63, 3.8) is 0 Å². The van der Waals surface area contributed by atoms with Crippen molar-refractivity contribution < 1.29 is 19.0 Å². The van der Waals surface area contributed by atoms with Crippen LogP contribution in [-0.4, -0.2) is 30.3 Å². The Morgan fingerprint density at radius 1 is 1.17 bits per heavy atom. The molecular formula is C30H31FN2O3. The van der Waals surface area contributed by atoms with E-state index < -0.39 is 11.8 Å². The number of hydrogen-bond acceptors (Lipinski definition) is 4. The molecule has 5 rings (SSSR count). The number of nitrogens with zero attached hydrogens (tertiary/aromatic N) is 1. The normalized spacial score (nSPS) is 17.2. The zero-order chi connectivity index (χ0) is 25.2. The highest BCUT2D eigenvalue weighted by Gasteiger charge is 2.29. The molecule has 2 aliphatic rings. The fourth-order valence-corrected chi connectivity index (χ4v) is 5.34. The number of aryl methyl sites for hydroxylation is 1. The van der Waals surface area contributed by atoms with Gasteiger partial charge in [-0.25, -0.2) is 9.18 Å². The molecule has 0 radical (unpaired) electrons. The van der Waals surface area contributed by atoms with Gasteiger partial charge in [0.15, 0.2) is 0 Å². The smallest absolute Gasteiger partial charge is 0.339 e. The Kier molecular flexibility index (Phi) is 6.79. The lowest BCUT2D eigenvalue weighted by atomic mass is 9.90. The fraction of sp³-hybridized carbons (Fsp3) is 0.300. The van der Waals surface area contributed by atoms with Crippen molar-refractivity contribution in [2.45, 2.75) is 45.3 Å². The van der Waals surface area contributed by atoms with Crippen molar-refractivity contribution >= 4 is 23.4 Å². The third-order valence-electron chi connectivity index (χ3n) is 7.20. The van der Waals surface area contributed by atoms with Crippen LogP contribution in [0.15, 0.2) is 60.7 Å². The van der Waals surface area contributed by atoms with Crippen molar-refractivity contribution in [2.24, 2.45) is 0 Å². The summed E-state index contributed by atoms with van der Waals surface area (Å²) in [6, 6.07) is 17.3. The van der Waals surface area contributed by atoms with E-state index >= 15 is 0 Å². The number of nitrogens with one attached hydrogen (secondary N) is 1. The van der Waals surface area contributed by atoms with E-state index in [9.17, 15) is 14.3 Å². The minimum atomic E-state index is -1.26. The minimum absolute atomic E-state index is 0.109. The number of halogens is 1. The number of para-hydroxylation sites is 2. The lowest BCUT2D eigenvalue weighted by molar-refractivity contribution is 0.0691. The van der Waals surface area contributed by atoms with Crippen LogP contribution in [0.1, 0.15) is 58.4 Å². The first-order valence-electron chi connectivity index (χ1n) is 12.5. The Balaban J connectivity index is 1.33. The van der Waals surface area contributed by atoms with Gasteiger partial charge in [0.1, 0.15) is 23.2 Å². The molecule has 0 saturated carbocycles. The average Bonchev–Trinajstić information content (AvgIpc) is 2.88. The van der Waals surface area contributed by atoms with Crippen LogP contribution in [0, 0.1) is 12.7 Å². The SMILES string of the molecule is Cc1c(N2CC(CCNC(C)c3cccc4c3C=CCC4)Oc3ccccc32)ccc(F)c1C(=O)O. The van der Waals surface area contributed by atoms with Gasteiger partial charge in [-0.2, -0.15) is 0 Å². The average molecular weight is 487 g/mol. The number of hydrogen-bond donors (Lipinski definition) is 2. The second-order valence-electron chi connectivity index (χ2n) is 9.52. The Morgan fingerprint density at radius 3 is 2.83 bits per heavy atom. The molecule has 2 atom stereocenters. The van der Waals surface area contributed by atoms with Crippen LogP contribution in [0.5, 0.6) is 5.75 Å². The molecule has 186 valence electrons. The number of ether oxygens (including phenoxy) is 1. The van der Waals surface area contributed by atoms with Crippen LogP contribution in [0.25, 0.3) is 6.08 Å². The molecule has 3 aromatic carbocycles. The second-order valence-corrected chi connectivity index (χ2v) is 9.52. The zero-order valence-electron chi connectivity index (χ0n) is 20.6. The quantitative estimate of drug-likeness (QED) is 0.403. The van der Waals surface area contributed by atoms with Crippen molar-refractivity contribution in [1.29, 1.82) is 0 Å². The number of anilines is 2. The van der Waals surface area contributed by atoms with Crippen LogP contribution >= 0.6 is 0 Å². The number of aromatic carboxylic acids is 1. The number of allylic oxidation sites excluding steroid dienone is 1. The number of benzene rings is 3. The highest BCUT2D eigenvalue weighted by atomic mass is 19.1. The molecule has 0 fully saturated rings. The maximum Gasteiger partial charge on any atom is 0.339 e. The maximum atomic E-state index is 14.3. The van der Waals surface area contributed by atoms with Gasteiger partial charge in [-0.1, -0.05) is 42.5 Å². The third-order valence-corrected chi connectivity index (χ3v) is 7.20. The number of rotatable bonds is 7. The fourth-order valence-electron chi connectivity index (χ4n) is 5.34. The summed E-state index contributed by atoms with van der Waals surface area (Å²) < 4.78 is 20.6. The molecule has 0 aromatic heterocycles. The van der Waals surface area contributed by atoms with E-state index in [-0.39, 0.29) is 17.7 Å². The summed E-state index contributed by atoms with van der Waals surface area (Å²) in [7, 11) is 0. The Morgan fingerprint density at radius 2 is 2.00 bits per heavy atom. The number of carboxylic acid groups (broad SMARTS) is 1. The van der Waals surface area contributed by atoms with Crippen molar-refractivity contribution in [3.05, 3.63) is 94.3 Å². The third kappa shape index (κ3) is 4.61. The molecule has 36 heavy (non-hydrogen) atoms. The molecule has 0 saturated heterocycles. The molecule has 2 N–H and O–H groups in total. The molecule has 0 spiro atoms. The maximum absolute atomic E-state index is 14.3. The van der Waals surface area contributed by atoms with Crippen LogP contribution in [0.4, 0.5) is 15.8 Å². The van der Waals surface area contributed by atoms with Crippen LogP contribution in [-0.2, 0) is 6.42 Å². The number of fused-ring (bicyclic) bond motifs is 2. The van der Waals surface area contributed by atoms with E-state index in [2.05, 4.69) is 42.6 Å². The summed E-state index contributed by atoms with van der Waals surface area (Å²) in [5.74, 6) is -1.25. The van der Waals surface area contributed by atoms with Crippen molar-refractivity contribution in [2.75, 3.05) is 18.0 Å². The lowest BCUT2D eigenvalue weighted by Crippen LogP contribution is -2.39. The van der Waals surface area contributed by atoms with Crippen molar-refractivity contribution in [1.82, 2.24) is 5.32 Å². The summed E-state index contributed by atoms with van der Waals surface area (Å²) in [5, 5.41) is 13.2. The highest BCUT2D eigenvalue weighted by molar-refractivity contribution is 5.92. The summed E-state index contributed by atoms with van der Waals surface area (Å²) in [5.41, 5.74) is 5.70. The monoisotopic (exact) mass is 486 g/mol. The lowest BCUT2D eigenvalue weighted by Gasteiger charge is -2.37. The minimum Gasteiger partial charge on any atom is -0.486 e. The van der Waals surface area contributed by atoms with Gasteiger partial charge in [0.05, 0.1) is 12.2 Å². The van der Waals surface area contributed by atoms with Gasteiger partial charge < -0.3 is 20.1 Å². The number of carboxylic acids is 1. The topological polar surface area (TPSA) is 61.8 Å². The summed E-state index contributed by atoms with van der Waals surface area (Å²) in [4.78, 5) is 13.8. The Bertz CT molecular complexity index is 1320. The van der Waals surface area contributed by atoms with E-state index in [0.717, 1.165) is 37.2 Å². The standard InChI is InChI=1S/C30H31FN2O3/c1-19-26(15-14-25(31)29(19)30(34)35)33-18-22(36-28-13-6-5-12-27(28)33)16-17-32-20(2)23-11-7-9-21-8-3-4-10-24(21)23/h4-7,9-15,20,22,32H,3,8,16-18H2,1-2H3,(H,34,35). The molecule has 2 unspecified atom stereocenters. The summed E-state index contributed by atoms with van der Waals surface area (Å²) in [6.45, 7) is 5.16. The van der Waals surface area contributed by atoms with Gasteiger partial charge in [0.2, 0.25) is 0 Å².